The molecule has 2 fully saturated rings. The van der Waals surface area contributed by atoms with E-state index in [-0.39, 0.29) is 0 Å². The maximum Gasteiger partial charge on any atom is 0.343 e. The smallest absolute Gasteiger partial charge is 0.343 e. The van der Waals surface area contributed by atoms with E-state index < -0.39 is 17.5 Å². The largest absolute Gasteiger partial charge is 0.477 e. The quantitative estimate of drug-likeness (QED) is 0.251. The molecule has 8 nitrogen and oxygen atoms in total. The Bertz CT molecular complexity index is 1060. The van der Waals surface area contributed by atoms with Crippen molar-refractivity contribution < 1.29 is 29.3 Å². The first kappa shape index (κ1) is 25.2. The molecule has 2 saturated heterocycles. The van der Waals surface area contributed by atoms with Crippen LogP contribution in [0.15, 0.2) is 78.4 Å². The first-order valence-electron chi connectivity index (χ1n) is 11.9. The summed E-state index contributed by atoms with van der Waals surface area (Å²) >= 11 is 0. The van der Waals surface area contributed by atoms with Crippen molar-refractivity contribution in [3.05, 3.63) is 89.5 Å². The summed E-state index contributed by atoms with van der Waals surface area (Å²) in [5, 5.41) is 18.1. The molecule has 2 aliphatic heterocycles. The molecule has 2 N–H and O–H groups in total. The number of aliphatic carboxylic acids is 2. The molecule has 0 aliphatic carbocycles. The van der Waals surface area contributed by atoms with E-state index in [4.69, 9.17) is 19.7 Å². The molecule has 2 heterocycles. The molecule has 2 aliphatic rings. The number of carbonyl (C=O) groups is 2. The van der Waals surface area contributed by atoms with E-state index >= 15 is 0 Å². The number of benzene rings is 2. The number of rotatable bonds is 8. The average molecular weight is 491 g/mol. The number of allylic oxidation sites excluding steroid dienone is 4. The highest BCUT2D eigenvalue weighted by Crippen LogP contribution is 2.28. The van der Waals surface area contributed by atoms with Crippen LogP contribution in [-0.4, -0.2) is 74.8 Å². The summed E-state index contributed by atoms with van der Waals surface area (Å²) in [7, 11) is 0. The van der Waals surface area contributed by atoms with Gasteiger partial charge < -0.3 is 29.5 Å². The van der Waals surface area contributed by atoms with Gasteiger partial charge in [-0.2, -0.15) is 0 Å². The van der Waals surface area contributed by atoms with Gasteiger partial charge >= 0.3 is 11.9 Å². The van der Waals surface area contributed by atoms with Gasteiger partial charge in [0.2, 0.25) is 0 Å². The molecule has 0 aromatic heterocycles. The summed E-state index contributed by atoms with van der Waals surface area (Å²) in [6.45, 7) is 6.30. The molecular weight excluding hydrogens is 460 g/mol. The first-order valence-corrected chi connectivity index (χ1v) is 11.9. The Morgan fingerprint density at radius 1 is 0.639 bits per heavy atom. The van der Waals surface area contributed by atoms with Crippen molar-refractivity contribution in [3.8, 4) is 0 Å². The lowest BCUT2D eigenvalue weighted by molar-refractivity contribution is -0.140. The van der Waals surface area contributed by atoms with E-state index in [9.17, 15) is 9.59 Å². The van der Waals surface area contributed by atoms with Gasteiger partial charge in [0.1, 0.15) is 5.57 Å². The van der Waals surface area contributed by atoms with Gasteiger partial charge in [0.05, 0.1) is 26.4 Å². The topological polar surface area (TPSA) is 99.5 Å². The number of nitrogens with zero attached hydrogens (tertiary/aromatic N) is 2. The molecule has 4 rings (SSSR count). The maximum atomic E-state index is 11.1. The van der Waals surface area contributed by atoms with Gasteiger partial charge in [0, 0.05) is 37.6 Å². The predicted molar refractivity (Wildman–Crippen MR) is 139 cm³/mol. The molecule has 2 aromatic carbocycles. The molecule has 0 saturated carbocycles. The van der Waals surface area contributed by atoms with Crippen LogP contribution in [0.3, 0.4) is 0 Å². The fraction of sp³-hybridized carbons (Fsp3) is 0.286. The Kier molecular flexibility index (Phi) is 8.54. The van der Waals surface area contributed by atoms with E-state index in [0.717, 1.165) is 86.8 Å². The summed E-state index contributed by atoms with van der Waals surface area (Å²) < 4.78 is 10.9. The third kappa shape index (κ3) is 6.41. The SMILES string of the molecule is O=C(O)C(=C/C=C/C=C(c1ccc(N2CCOCC2)cc1)c1ccc(N2CCOCC2)cc1)C(=O)O. The molecule has 0 bridgehead atoms. The molecule has 0 unspecified atom stereocenters. The number of carboxylic acids is 2. The highest BCUT2D eigenvalue weighted by atomic mass is 16.5. The second-order valence-corrected chi connectivity index (χ2v) is 8.45. The summed E-state index contributed by atoms with van der Waals surface area (Å²) in [4.78, 5) is 26.8. The Labute approximate surface area is 210 Å². The Balaban J connectivity index is 1.62. The fourth-order valence-corrected chi connectivity index (χ4v) is 4.24. The van der Waals surface area contributed by atoms with Gasteiger partial charge in [-0.1, -0.05) is 42.5 Å². The monoisotopic (exact) mass is 490 g/mol. The Morgan fingerprint density at radius 3 is 1.42 bits per heavy atom. The molecule has 0 spiro atoms. The molecule has 2 aromatic rings. The van der Waals surface area contributed by atoms with E-state index in [2.05, 4.69) is 58.3 Å². The summed E-state index contributed by atoms with van der Waals surface area (Å²) in [6.07, 6.45) is 6.04. The van der Waals surface area contributed by atoms with Crippen molar-refractivity contribution in [2.75, 3.05) is 62.4 Å². The number of carboxylic acid groups (broad SMARTS) is 2. The summed E-state index contributed by atoms with van der Waals surface area (Å²) in [6, 6.07) is 16.6. The van der Waals surface area contributed by atoms with Crippen LogP contribution in [0.4, 0.5) is 11.4 Å². The molecule has 0 atom stereocenters. The minimum Gasteiger partial charge on any atom is -0.477 e. The van der Waals surface area contributed by atoms with Crippen molar-refractivity contribution in [1.29, 1.82) is 0 Å². The van der Waals surface area contributed by atoms with Gasteiger partial charge in [-0.25, -0.2) is 9.59 Å². The van der Waals surface area contributed by atoms with Crippen molar-refractivity contribution >= 4 is 28.9 Å². The summed E-state index contributed by atoms with van der Waals surface area (Å²) in [5.74, 6) is -2.96. The van der Waals surface area contributed by atoms with Gasteiger partial charge in [0.25, 0.3) is 0 Å². The fourth-order valence-electron chi connectivity index (χ4n) is 4.24. The lowest BCUT2D eigenvalue weighted by Crippen LogP contribution is -2.36. The molecule has 0 amide bonds. The van der Waals surface area contributed by atoms with Crippen LogP contribution < -0.4 is 9.80 Å². The van der Waals surface area contributed by atoms with E-state index in [1.165, 1.54) is 6.08 Å². The van der Waals surface area contributed by atoms with Crippen molar-refractivity contribution in [2.24, 2.45) is 0 Å². The van der Waals surface area contributed by atoms with E-state index in [1.54, 1.807) is 6.08 Å². The van der Waals surface area contributed by atoms with Crippen molar-refractivity contribution in [3.63, 3.8) is 0 Å². The van der Waals surface area contributed by atoms with Crippen LogP contribution >= 0.6 is 0 Å². The molecule has 36 heavy (non-hydrogen) atoms. The van der Waals surface area contributed by atoms with Gasteiger partial charge in [-0.05, 0) is 47.0 Å². The van der Waals surface area contributed by atoms with Crippen molar-refractivity contribution in [2.45, 2.75) is 0 Å². The molecular formula is C28H30N2O6. The maximum absolute atomic E-state index is 11.1. The van der Waals surface area contributed by atoms with E-state index in [1.807, 2.05) is 6.08 Å². The number of hydrogen-bond donors (Lipinski definition) is 2. The minimum atomic E-state index is -1.48. The molecule has 0 radical (unpaired) electrons. The zero-order valence-electron chi connectivity index (χ0n) is 20.0. The van der Waals surface area contributed by atoms with Gasteiger partial charge in [-0.15, -0.1) is 0 Å². The second kappa shape index (κ2) is 12.2. The number of ether oxygens (including phenoxy) is 2. The second-order valence-electron chi connectivity index (χ2n) is 8.45. The van der Waals surface area contributed by atoms with Crippen LogP contribution in [0.25, 0.3) is 5.57 Å². The standard InChI is InChI=1S/C28H30N2O6/c31-27(32)26(28(33)34)4-2-1-3-25(21-5-9-23(10-6-21)29-13-17-35-18-14-29)22-7-11-24(12-8-22)30-15-19-36-20-16-30/h1-12H,13-20H2,(H,31,32)(H,33,34)/b2-1+. The zero-order chi connectivity index (χ0) is 25.3. The average Bonchev–Trinajstić information content (AvgIpc) is 2.92. The third-order valence-corrected chi connectivity index (χ3v) is 6.21. The Hall–Kier alpha value is -3.88. The van der Waals surface area contributed by atoms with Crippen LogP contribution in [0, 0.1) is 0 Å². The lowest BCUT2D eigenvalue weighted by Gasteiger charge is -2.29. The van der Waals surface area contributed by atoms with Crippen LogP contribution in [0.5, 0.6) is 0 Å². The Morgan fingerprint density at radius 2 is 1.03 bits per heavy atom. The van der Waals surface area contributed by atoms with Gasteiger partial charge in [-0.3, -0.25) is 0 Å². The van der Waals surface area contributed by atoms with Gasteiger partial charge in [0.15, 0.2) is 0 Å². The highest BCUT2D eigenvalue weighted by Gasteiger charge is 2.15. The first-order chi connectivity index (χ1) is 17.5. The highest BCUT2D eigenvalue weighted by molar-refractivity contribution is 6.12. The molecule has 188 valence electrons. The molecule has 8 heteroatoms. The normalized spacial score (nSPS) is 16.0. The van der Waals surface area contributed by atoms with Crippen LogP contribution in [0.2, 0.25) is 0 Å². The zero-order valence-corrected chi connectivity index (χ0v) is 20.0. The number of anilines is 2. The number of hydrogen-bond acceptors (Lipinski definition) is 6. The van der Waals surface area contributed by atoms with E-state index in [0.29, 0.717) is 0 Å². The minimum absolute atomic E-state index is 0.689. The number of morpholine rings is 2. The van der Waals surface area contributed by atoms with Crippen LogP contribution in [-0.2, 0) is 19.1 Å². The van der Waals surface area contributed by atoms with Crippen LogP contribution in [0.1, 0.15) is 11.1 Å². The third-order valence-electron chi connectivity index (χ3n) is 6.21. The predicted octanol–water partition coefficient (Wildman–Crippen LogP) is 3.44. The van der Waals surface area contributed by atoms with Crippen molar-refractivity contribution in [1.82, 2.24) is 0 Å². The summed E-state index contributed by atoms with van der Waals surface area (Å²) in [5.41, 5.74) is 4.51. The lowest BCUT2D eigenvalue weighted by atomic mass is 9.96.